The van der Waals surface area contributed by atoms with Crippen molar-refractivity contribution in [3.8, 4) is 0 Å². The number of hydrogen-bond acceptors (Lipinski definition) is 5. The third-order valence-corrected chi connectivity index (χ3v) is 6.31. The summed E-state index contributed by atoms with van der Waals surface area (Å²) in [5, 5.41) is 9.33. The summed E-state index contributed by atoms with van der Waals surface area (Å²) in [5.74, 6) is -0.281. The standard InChI is InChI=1S/C21H27N3O5/c25-12-11-23-19(27)21(24(20(23)28)14-16-4-2-1-3-5-16)7-9-22(10-8-21)18(26)17-6-13-29-15-17/h1-5,17,25H,6-15H2. The first kappa shape index (κ1) is 19.8. The molecule has 3 fully saturated rings. The highest BCUT2D eigenvalue weighted by Gasteiger charge is 2.58. The molecule has 3 saturated heterocycles. The topological polar surface area (TPSA) is 90.4 Å². The van der Waals surface area contributed by atoms with E-state index in [9.17, 15) is 19.5 Å². The highest BCUT2D eigenvalue weighted by Crippen LogP contribution is 2.38. The molecule has 29 heavy (non-hydrogen) atoms. The lowest BCUT2D eigenvalue weighted by Gasteiger charge is -2.42. The van der Waals surface area contributed by atoms with Crippen molar-refractivity contribution in [3.05, 3.63) is 35.9 Å². The molecule has 1 unspecified atom stereocenters. The number of nitrogens with zero attached hydrogens (tertiary/aromatic N) is 3. The van der Waals surface area contributed by atoms with Gasteiger partial charge in [0.15, 0.2) is 0 Å². The Bertz CT molecular complexity index is 770. The Labute approximate surface area is 170 Å². The third kappa shape index (κ3) is 3.51. The number of benzene rings is 1. The summed E-state index contributed by atoms with van der Waals surface area (Å²) in [6.45, 7) is 2.01. The smallest absolute Gasteiger partial charge is 0.328 e. The highest BCUT2D eigenvalue weighted by atomic mass is 16.5. The van der Waals surface area contributed by atoms with Crippen LogP contribution in [0, 0.1) is 5.92 Å². The summed E-state index contributed by atoms with van der Waals surface area (Å²) >= 11 is 0. The number of β-amino-alcohol motifs (C(OH)–C–C–N with tert-alkyl or cyclic N) is 1. The number of aliphatic hydroxyl groups is 1. The average molecular weight is 401 g/mol. The number of ether oxygens (including phenoxy) is 1. The number of urea groups is 1. The number of hydrogen-bond donors (Lipinski definition) is 1. The number of carbonyl (C=O) groups excluding carboxylic acids is 3. The maximum absolute atomic E-state index is 13.2. The molecule has 1 aromatic rings. The predicted octanol–water partition coefficient (Wildman–Crippen LogP) is 0.841. The fraction of sp³-hybridized carbons (Fsp3) is 0.571. The van der Waals surface area contributed by atoms with Gasteiger partial charge in [0.1, 0.15) is 5.54 Å². The van der Waals surface area contributed by atoms with E-state index in [-0.39, 0.29) is 36.9 Å². The summed E-state index contributed by atoms with van der Waals surface area (Å²) < 4.78 is 5.33. The van der Waals surface area contributed by atoms with Crippen LogP contribution in [0.4, 0.5) is 4.79 Å². The van der Waals surface area contributed by atoms with Crippen LogP contribution < -0.4 is 0 Å². The SMILES string of the molecule is O=C(C1CCOC1)N1CCC2(CC1)C(=O)N(CCO)C(=O)N2Cc1ccccc1. The summed E-state index contributed by atoms with van der Waals surface area (Å²) in [5.41, 5.74) is -0.00843. The molecule has 1 aromatic carbocycles. The van der Waals surface area contributed by atoms with Crippen molar-refractivity contribution in [1.82, 2.24) is 14.7 Å². The quantitative estimate of drug-likeness (QED) is 0.739. The predicted molar refractivity (Wildman–Crippen MR) is 104 cm³/mol. The van der Waals surface area contributed by atoms with Crippen LogP contribution in [0.5, 0.6) is 0 Å². The van der Waals surface area contributed by atoms with Gasteiger partial charge in [-0.25, -0.2) is 4.79 Å². The van der Waals surface area contributed by atoms with Crippen LogP contribution in [0.15, 0.2) is 30.3 Å². The Morgan fingerprint density at radius 3 is 2.52 bits per heavy atom. The molecule has 3 aliphatic heterocycles. The molecular formula is C21H27N3O5. The Kier molecular flexibility index (Phi) is 5.56. The molecule has 1 spiro atoms. The largest absolute Gasteiger partial charge is 0.395 e. The van der Waals surface area contributed by atoms with E-state index in [1.807, 2.05) is 30.3 Å². The molecule has 156 valence electrons. The zero-order chi connectivity index (χ0) is 20.4. The maximum Gasteiger partial charge on any atom is 0.328 e. The first-order valence-corrected chi connectivity index (χ1v) is 10.2. The van der Waals surface area contributed by atoms with Gasteiger partial charge in [-0.3, -0.25) is 14.5 Å². The zero-order valence-electron chi connectivity index (χ0n) is 16.5. The fourth-order valence-corrected chi connectivity index (χ4v) is 4.63. The molecule has 0 aliphatic carbocycles. The minimum atomic E-state index is -0.953. The van der Waals surface area contributed by atoms with Gasteiger partial charge in [-0.2, -0.15) is 0 Å². The van der Waals surface area contributed by atoms with Crippen molar-refractivity contribution in [2.24, 2.45) is 5.92 Å². The van der Waals surface area contributed by atoms with E-state index >= 15 is 0 Å². The van der Waals surface area contributed by atoms with E-state index in [0.29, 0.717) is 45.7 Å². The number of piperidine rings is 1. The van der Waals surface area contributed by atoms with Crippen LogP contribution >= 0.6 is 0 Å². The number of imide groups is 1. The number of carbonyl (C=O) groups is 3. The van der Waals surface area contributed by atoms with Crippen LogP contribution in [0.3, 0.4) is 0 Å². The van der Waals surface area contributed by atoms with E-state index in [4.69, 9.17) is 4.74 Å². The van der Waals surface area contributed by atoms with Gasteiger partial charge < -0.3 is 19.6 Å². The minimum absolute atomic E-state index is 0.00718. The van der Waals surface area contributed by atoms with Gasteiger partial charge >= 0.3 is 6.03 Å². The first-order chi connectivity index (χ1) is 14.1. The van der Waals surface area contributed by atoms with E-state index in [1.54, 1.807) is 9.80 Å². The van der Waals surface area contributed by atoms with E-state index in [2.05, 4.69) is 0 Å². The van der Waals surface area contributed by atoms with Crippen LogP contribution in [0.1, 0.15) is 24.8 Å². The van der Waals surface area contributed by atoms with Gasteiger partial charge in [0.25, 0.3) is 5.91 Å². The highest BCUT2D eigenvalue weighted by molar-refractivity contribution is 6.07. The normalized spacial score (nSPS) is 24.0. The summed E-state index contributed by atoms with van der Waals surface area (Å²) in [7, 11) is 0. The van der Waals surface area contributed by atoms with Crippen molar-refractivity contribution in [1.29, 1.82) is 0 Å². The van der Waals surface area contributed by atoms with Crippen LogP contribution in [0.2, 0.25) is 0 Å². The Hall–Kier alpha value is -2.45. The van der Waals surface area contributed by atoms with Crippen LogP contribution in [-0.4, -0.2) is 82.6 Å². The van der Waals surface area contributed by atoms with Crippen molar-refractivity contribution in [2.45, 2.75) is 31.3 Å². The lowest BCUT2D eigenvalue weighted by atomic mass is 9.85. The molecule has 8 heteroatoms. The van der Waals surface area contributed by atoms with Crippen molar-refractivity contribution >= 4 is 17.8 Å². The summed E-state index contributed by atoms with van der Waals surface area (Å²) in [4.78, 5) is 43.6. The van der Waals surface area contributed by atoms with Crippen molar-refractivity contribution in [2.75, 3.05) is 39.5 Å². The lowest BCUT2D eigenvalue weighted by Crippen LogP contribution is -2.57. The summed E-state index contributed by atoms with van der Waals surface area (Å²) in [6.07, 6.45) is 1.56. The van der Waals surface area contributed by atoms with Crippen LogP contribution in [0.25, 0.3) is 0 Å². The molecule has 4 amide bonds. The van der Waals surface area contributed by atoms with Crippen molar-refractivity contribution < 1.29 is 24.2 Å². The molecule has 4 rings (SSSR count). The fourth-order valence-electron chi connectivity index (χ4n) is 4.63. The van der Waals surface area contributed by atoms with Crippen LogP contribution in [-0.2, 0) is 20.9 Å². The van der Waals surface area contributed by atoms with Crippen molar-refractivity contribution in [3.63, 3.8) is 0 Å². The first-order valence-electron chi connectivity index (χ1n) is 10.2. The number of amides is 4. The molecule has 1 N–H and O–H groups in total. The van der Waals surface area contributed by atoms with E-state index in [0.717, 1.165) is 16.9 Å². The average Bonchev–Trinajstić information content (AvgIpc) is 3.35. The minimum Gasteiger partial charge on any atom is -0.395 e. The molecule has 1 atom stereocenters. The van der Waals surface area contributed by atoms with Gasteiger partial charge in [-0.05, 0) is 24.8 Å². The van der Waals surface area contributed by atoms with Gasteiger partial charge in [0.05, 0.1) is 25.7 Å². The molecule has 8 nitrogen and oxygen atoms in total. The second kappa shape index (κ2) is 8.12. The molecule has 0 aromatic heterocycles. The van der Waals surface area contributed by atoms with E-state index in [1.165, 1.54) is 0 Å². The zero-order valence-corrected chi connectivity index (χ0v) is 16.5. The second-order valence-corrected chi connectivity index (χ2v) is 7.95. The molecule has 3 aliphatic rings. The Morgan fingerprint density at radius 1 is 1.17 bits per heavy atom. The van der Waals surface area contributed by atoms with Gasteiger partial charge in [-0.15, -0.1) is 0 Å². The third-order valence-electron chi connectivity index (χ3n) is 6.31. The molecule has 3 heterocycles. The number of aliphatic hydroxyl groups excluding tert-OH is 1. The Morgan fingerprint density at radius 2 is 1.90 bits per heavy atom. The molecule has 0 radical (unpaired) electrons. The lowest BCUT2D eigenvalue weighted by molar-refractivity contribution is -0.143. The van der Waals surface area contributed by atoms with Gasteiger partial charge in [0, 0.05) is 26.2 Å². The van der Waals surface area contributed by atoms with Gasteiger partial charge in [-0.1, -0.05) is 30.3 Å². The molecule has 0 bridgehead atoms. The Balaban J connectivity index is 1.54. The number of likely N-dealkylation sites (tertiary alicyclic amines) is 1. The van der Waals surface area contributed by atoms with Gasteiger partial charge in [0.2, 0.25) is 5.91 Å². The maximum atomic E-state index is 13.2. The monoisotopic (exact) mass is 401 g/mol. The molecule has 0 saturated carbocycles. The number of rotatable bonds is 5. The summed E-state index contributed by atoms with van der Waals surface area (Å²) in [6, 6.07) is 9.21. The molecular weight excluding hydrogens is 374 g/mol. The van der Waals surface area contributed by atoms with E-state index < -0.39 is 5.54 Å². The second-order valence-electron chi connectivity index (χ2n) is 7.95.